The molecule has 0 aromatic carbocycles. The summed E-state index contributed by atoms with van der Waals surface area (Å²) >= 11 is 0. The first-order chi connectivity index (χ1) is 5.91. The van der Waals surface area contributed by atoms with Crippen molar-refractivity contribution in [2.24, 2.45) is 0 Å². The Bertz CT molecular complexity index is 75.8. The van der Waals surface area contributed by atoms with E-state index in [9.17, 15) is 0 Å². The highest BCUT2D eigenvalue weighted by Crippen LogP contribution is 1.68. The predicted octanol–water partition coefficient (Wildman–Crippen LogP) is -0.199. The van der Waals surface area contributed by atoms with Crippen molar-refractivity contribution in [2.75, 3.05) is 33.2 Å². The highest BCUT2D eigenvalue weighted by atomic mass is 16.5. The van der Waals surface area contributed by atoms with Gasteiger partial charge in [-0.3, -0.25) is 10.6 Å². The monoisotopic (exact) mass is 173 g/mol. The molecule has 0 aromatic rings. The van der Waals surface area contributed by atoms with Gasteiger partial charge in [0.05, 0.1) is 13.5 Å². The van der Waals surface area contributed by atoms with E-state index in [4.69, 9.17) is 9.47 Å². The fourth-order valence-electron chi connectivity index (χ4n) is 0.614. The van der Waals surface area contributed by atoms with Gasteiger partial charge < -0.3 is 9.47 Å². The minimum atomic E-state index is 0.573. The second-order valence-corrected chi connectivity index (χ2v) is 2.24. The second kappa shape index (κ2) is 10.9. The van der Waals surface area contributed by atoms with Crippen molar-refractivity contribution in [3.05, 3.63) is 0 Å². The van der Waals surface area contributed by atoms with Gasteiger partial charge in [-0.05, 0) is 6.92 Å². The van der Waals surface area contributed by atoms with Gasteiger partial charge in [0.2, 0.25) is 0 Å². The maximum absolute atomic E-state index is 5.14. The molecule has 5 heteroatoms. The van der Waals surface area contributed by atoms with Crippen LogP contribution in [-0.2, 0) is 9.47 Å². The van der Waals surface area contributed by atoms with Crippen LogP contribution in [0.2, 0.25) is 6.82 Å². The first-order valence-electron chi connectivity index (χ1n) is 4.26. The lowest BCUT2D eigenvalue weighted by atomic mass is 9.85. The molecule has 0 aliphatic rings. The molecule has 0 fully saturated rings. The van der Waals surface area contributed by atoms with Crippen LogP contribution in [0.25, 0.3) is 0 Å². The molecule has 0 aromatic heterocycles. The van der Waals surface area contributed by atoms with Gasteiger partial charge in [-0.15, -0.1) is 0 Å². The maximum Gasteiger partial charge on any atom is 0.141 e. The molecular weight excluding hydrogens is 155 g/mol. The van der Waals surface area contributed by atoms with E-state index < -0.39 is 0 Å². The van der Waals surface area contributed by atoms with Crippen LogP contribution in [0, 0.1) is 0 Å². The van der Waals surface area contributed by atoms with Crippen LogP contribution in [0.15, 0.2) is 0 Å². The summed E-state index contributed by atoms with van der Waals surface area (Å²) < 4.78 is 10.2. The van der Waals surface area contributed by atoms with Crippen LogP contribution in [0.4, 0.5) is 0 Å². The number of rotatable bonds is 9. The molecule has 0 aliphatic carbocycles. The SMILES string of the molecule is C[B]COCNCNCOCC. The molecule has 4 nitrogen and oxygen atoms in total. The van der Waals surface area contributed by atoms with Gasteiger partial charge in [0.1, 0.15) is 7.28 Å². The Morgan fingerprint density at radius 2 is 1.83 bits per heavy atom. The number of hydrogen-bond donors (Lipinski definition) is 2. The van der Waals surface area contributed by atoms with E-state index in [1.54, 1.807) is 0 Å². The fraction of sp³-hybridized carbons (Fsp3) is 1.00. The molecule has 0 rings (SSSR count). The van der Waals surface area contributed by atoms with Crippen LogP contribution in [-0.4, -0.2) is 40.5 Å². The zero-order valence-electron chi connectivity index (χ0n) is 7.93. The Labute approximate surface area is 75.2 Å². The van der Waals surface area contributed by atoms with Gasteiger partial charge in [0.25, 0.3) is 0 Å². The summed E-state index contributed by atoms with van der Waals surface area (Å²) in [5, 5.41) is 6.09. The fourth-order valence-corrected chi connectivity index (χ4v) is 0.614. The molecule has 0 aliphatic heterocycles. The number of hydrogen-bond acceptors (Lipinski definition) is 4. The smallest absolute Gasteiger partial charge is 0.141 e. The molecule has 0 heterocycles. The normalized spacial score (nSPS) is 10.2. The molecule has 71 valence electrons. The first kappa shape index (κ1) is 11.9. The third-order valence-electron chi connectivity index (χ3n) is 1.15. The van der Waals surface area contributed by atoms with E-state index in [1.807, 2.05) is 21.0 Å². The Kier molecular flexibility index (Phi) is 10.8. The maximum atomic E-state index is 5.14. The predicted molar refractivity (Wildman–Crippen MR) is 50.1 cm³/mol. The molecule has 0 bridgehead atoms. The summed E-state index contributed by atoms with van der Waals surface area (Å²) in [5.41, 5.74) is 0. The minimum absolute atomic E-state index is 0.573. The highest BCUT2D eigenvalue weighted by Gasteiger charge is 1.86. The van der Waals surface area contributed by atoms with Crippen molar-refractivity contribution in [2.45, 2.75) is 13.7 Å². The number of nitrogens with one attached hydrogen (secondary N) is 2. The zero-order chi connectivity index (χ0) is 9.07. The highest BCUT2D eigenvalue weighted by molar-refractivity contribution is 6.33. The third kappa shape index (κ3) is 9.90. The van der Waals surface area contributed by atoms with Crippen molar-refractivity contribution in [3.8, 4) is 0 Å². The first-order valence-corrected chi connectivity index (χ1v) is 4.26. The lowest BCUT2D eigenvalue weighted by molar-refractivity contribution is 0.115. The van der Waals surface area contributed by atoms with Gasteiger partial charge >= 0.3 is 0 Å². The summed E-state index contributed by atoms with van der Waals surface area (Å²) in [6, 6.07) is 0. The van der Waals surface area contributed by atoms with E-state index in [1.165, 1.54) is 0 Å². The lowest BCUT2D eigenvalue weighted by Crippen LogP contribution is -2.32. The zero-order valence-corrected chi connectivity index (χ0v) is 7.93. The summed E-state index contributed by atoms with van der Waals surface area (Å²) in [6.07, 6.45) is 0. The summed E-state index contributed by atoms with van der Waals surface area (Å²) in [6.45, 7) is 7.24. The largest absolute Gasteiger partial charge is 0.375 e. The van der Waals surface area contributed by atoms with Gasteiger partial charge in [0.15, 0.2) is 0 Å². The van der Waals surface area contributed by atoms with Gasteiger partial charge in [-0.2, -0.15) is 0 Å². The molecule has 0 spiro atoms. The van der Waals surface area contributed by atoms with Crippen molar-refractivity contribution in [1.82, 2.24) is 10.6 Å². The van der Waals surface area contributed by atoms with Crippen LogP contribution in [0.3, 0.4) is 0 Å². The second-order valence-electron chi connectivity index (χ2n) is 2.24. The molecular formula is C7H18BN2O2. The lowest BCUT2D eigenvalue weighted by Gasteiger charge is -2.06. The van der Waals surface area contributed by atoms with Crippen molar-refractivity contribution in [3.63, 3.8) is 0 Å². The van der Waals surface area contributed by atoms with Gasteiger partial charge in [0, 0.05) is 19.8 Å². The Hall–Kier alpha value is -0.0951. The third-order valence-corrected chi connectivity index (χ3v) is 1.15. The van der Waals surface area contributed by atoms with Crippen LogP contribution >= 0.6 is 0 Å². The van der Waals surface area contributed by atoms with Crippen molar-refractivity contribution in [1.29, 1.82) is 0 Å². The molecule has 12 heavy (non-hydrogen) atoms. The Morgan fingerprint density at radius 3 is 2.42 bits per heavy atom. The van der Waals surface area contributed by atoms with Crippen LogP contribution < -0.4 is 10.6 Å². The van der Waals surface area contributed by atoms with Gasteiger partial charge in [-0.25, -0.2) is 0 Å². The average molecular weight is 173 g/mol. The topological polar surface area (TPSA) is 42.5 Å². The molecule has 0 saturated carbocycles. The Balaban J connectivity index is 2.73. The van der Waals surface area contributed by atoms with E-state index in [2.05, 4.69) is 10.6 Å². The van der Waals surface area contributed by atoms with E-state index >= 15 is 0 Å². The summed E-state index contributed by atoms with van der Waals surface area (Å²) in [4.78, 5) is 0. The van der Waals surface area contributed by atoms with E-state index in [0.717, 1.165) is 6.61 Å². The van der Waals surface area contributed by atoms with E-state index in [0.29, 0.717) is 26.6 Å². The molecule has 2 N–H and O–H groups in total. The molecule has 0 atom stereocenters. The van der Waals surface area contributed by atoms with Crippen molar-refractivity contribution >= 4 is 7.28 Å². The molecule has 0 saturated heterocycles. The minimum Gasteiger partial charge on any atom is -0.375 e. The molecule has 0 amide bonds. The van der Waals surface area contributed by atoms with Crippen LogP contribution in [0.5, 0.6) is 0 Å². The molecule has 0 unspecified atom stereocenters. The van der Waals surface area contributed by atoms with Gasteiger partial charge in [-0.1, -0.05) is 6.82 Å². The van der Waals surface area contributed by atoms with Crippen LogP contribution in [0.1, 0.15) is 6.92 Å². The van der Waals surface area contributed by atoms with E-state index in [-0.39, 0.29) is 0 Å². The summed E-state index contributed by atoms with van der Waals surface area (Å²) in [5.74, 6) is 0. The summed E-state index contributed by atoms with van der Waals surface area (Å²) in [7, 11) is 1.97. The average Bonchev–Trinajstić information content (AvgIpc) is 2.10. The van der Waals surface area contributed by atoms with Crippen molar-refractivity contribution < 1.29 is 9.47 Å². The Morgan fingerprint density at radius 1 is 1.17 bits per heavy atom. The number of ether oxygens (including phenoxy) is 2. The standard InChI is InChI=1S/C7H18BN2O2/c1-3-11-6-9-5-10-7-12-4-8-2/h9-10H,3-7H2,1-2H3. The quantitative estimate of drug-likeness (QED) is 0.288. The molecule has 1 radical (unpaired) electrons.